The van der Waals surface area contributed by atoms with E-state index in [4.69, 9.17) is 23.3 Å². The van der Waals surface area contributed by atoms with E-state index >= 15 is 0 Å². The van der Waals surface area contributed by atoms with Gasteiger partial charge in [-0.2, -0.15) is 0 Å². The van der Waals surface area contributed by atoms with Gasteiger partial charge in [0.2, 0.25) is 0 Å². The molecule has 11 nitrogen and oxygen atoms in total. The molecule has 0 aliphatic heterocycles. The van der Waals surface area contributed by atoms with Gasteiger partial charge in [0.1, 0.15) is 12.7 Å². The minimum Gasteiger partial charge on any atom is -0.462 e. The fourth-order valence-corrected chi connectivity index (χ4v) is 9.62. The second-order valence-corrected chi connectivity index (χ2v) is 22.7. The number of phosphoric acid groups is 1. The molecule has 3 unspecified atom stereocenters. The van der Waals surface area contributed by atoms with Crippen molar-refractivity contribution in [1.82, 2.24) is 0 Å². The van der Waals surface area contributed by atoms with Crippen LogP contribution in [0.1, 0.15) is 303 Å². The minimum atomic E-state index is -4.75. The van der Waals surface area contributed by atoms with Crippen LogP contribution in [0.4, 0.5) is 0 Å². The van der Waals surface area contributed by atoms with Crippen LogP contribution in [0.2, 0.25) is 0 Å². The topological polar surface area (TPSA) is 155 Å². The Balaban J connectivity index is 4.68. The highest BCUT2D eigenvalue weighted by Crippen LogP contribution is 2.43. The maximum atomic E-state index is 12.9. The molecule has 12 heteroatoms. The molecule has 76 heavy (non-hydrogen) atoms. The van der Waals surface area contributed by atoms with Gasteiger partial charge in [0.15, 0.2) is 6.10 Å². The van der Waals surface area contributed by atoms with Gasteiger partial charge in [0, 0.05) is 19.3 Å². The Morgan fingerprint density at radius 2 is 0.658 bits per heavy atom. The quantitative estimate of drug-likeness (QED) is 0.0197. The number of rotatable bonds is 59. The van der Waals surface area contributed by atoms with Gasteiger partial charge in [-0.25, -0.2) is 4.57 Å². The molecule has 2 N–H and O–H groups in total. The van der Waals surface area contributed by atoms with Crippen LogP contribution < -0.4 is 0 Å². The van der Waals surface area contributed by atoms with Gasteiger partial charge in [-0.05, 0) is 96.3 Å². The fraction of sp³-hybridized carbons (Fsp3) is 0.828. The van der Waals surface area contributed by atoms with E-state index in [1.54, 1.807) is 0 Å². The molecule has 0 aliphatic carbocycles. The summed E-state index contributed by atoms with van der Waals surface area (Å²) >= 11 is 0. The summed E-state index contributed by atoms with van der Waals surface area (Å²) in [7, 11) is -4.75. The standard InChI is InChI=1S/C64H117O11P/c1-4-7-10-13-16-19-22-24-26-28-30-32-34-36-39-41-44-47-50-53-62(66)71-57-61(75-64(68)55-52-49-46-43-40-37-35-33-31-29-27-25-23-20-17-14-11-8-5-2)59-73-76(69,70)72-58-60(56-65)74-63(67)54-51-48-45-42-38-21-18-15-12-9-6-3/h15,17-18,20,24-27,60-61,65H,4-14,16,19,21-23,28-59H2,1-3H3,(H,69,70)/b18-15-,20-17-,26-24-,27-25-. The molecule has 0 amide bonds. The Kier molecular flexibility index (Phi) is 56.6. The third-order valence-corrected chi connectivity index (χ3v) is 14.6. The first-order chi connectivity index (χ1) is 37.2. The molecule has 0 heterocycles. The van der Waals surface area contributed by atoms with Crippen molar-refractivity contribution in [3.05, 3.63) is 48.6 Å². The summed E-state index contributed by atoms with van der Waals surface area (Å²) in [4.78, 5) is 48.6. The number of carbonyl (C=O) groups excluding carboxylic acids is 3. The number of hydrogen-bond donors (Lipinski definition) is 2. The van der Waals surface area contributed by atoms with Crippen LogP contribution in [0.5, 0.6) is 0 Å². The lowest BCUT2D eigenvalue weighted by Crippen LogP contribution is -2.30. The van der Waals surface area contributed by atoms with Crippen LogP contribution in [0.3, 0.4) is 0 Å². The van der Waals surface area contributed by atoms with Crippen molar-refractivity contribution >= 4 is 25.7 Å². The molecular formula is C64H117O11P. The van der Waals surface area contributed by atoms with Crippen LogP contribution >= 0.6 is 7.82 Å². The molecule has 0 aromatic heterocycles. The molecule has 444 valence electrons. The molecule has 0 spiro atoms. The van der Waals surface area contributed by atoms with E-state index in [0.717, 1.165) is 89.9 Å². The van der Waals surface area contributed by atoms with Crippen LogP contribution in [-0.2, 0) is 42.2 Å². The molecule has 0 radical (unpaired) electrons. The van der Waals surface area contributed by atoms with Gasteiger partial charge < -0.3 is 24.2 Å². The average molecular weight is 1090 g/mol. The first-order valence-corrected chi connectivity index (χ1v) is 33.0. The molecule has 0 rings (SSSR count). The van der Waals surface area contributed by atoms with E-state index in [1.165, 1.54) is 154 Å². The van der Waals surface area contributed by atoms with Crippen LogP contribution in [0, 0.1) is 0 Å². The first kappa shape index (κ1) is 73.4. The molecule has 3 atom stereocenters. The van der Waals surface area contributed by atoms with E-state index in [1.807, 2.05) is 0 Å². The van der Waals surface area contributed by atoms with Crippen molar-refractivity contribution in [2.24, 2.45) is 0 Å². The monoisotopic (exact) mass is 1090 g/mol. The van der Waals surface area contributed by atoms with Gasteiger partial charge in [-0.3, -0.25) is 23.4 Å². The predicted molar refractivity (Wildman–Crippen MR) is 316 cm³/mol. The van der Waals surface area contributed by atoms with Gasteiger partial charge in [-0.1, -0.05) is 236 Å². The third kappa shape index (κ3) is 56.2. The zero-order valence-electron chi connectivity index (χ0n) is 49.2. The molecule has 0 fully saturated rings. The Morgan fingerprint density at radius 3 is 1.05 bits per heavy atom. The molecule has 0 saturated carbocycles. The lowest BCUT2D eigenvalue weighted by molar-refractivity contribution is -0.161. The lowest BCUT2D eigenvalue weighted by Gasteiger charge is -2.21. The van der Waals surface area contributed by atoms with Crippen LogP contribution in [-0.4, -0.2) is 66.5 Å². The summed E-state index contributed by atoms with van der Waals surface area (Å²) in [6, 6.07) is 0. The van der Waals surface area contributed by atoms with Crippen molar-refractivity contribution in [1.29, 1.82) is 0 Å². The van der Waals surface area contributed by atoms with Crippen molar-refractivity contribution in [3.8, 4) is 0 Å². The molecule has 0 saturated heterocycles. The highest BCUT2D eigenvalue weighted by atomic mass is 31.2. The van der Waals surface area contributed by atoms with Gasteiger partial charge >= 0.3 is 25.7 Å². The van der Waals surface area contributed by atoms with Crippen molar-refractivity contribution in [2.75, 3.05) is 26.4 Å². The maximum absolute atomic E-state index is 12.9. The van der Waals surface area contributed by atoms with E-state index in [9.17, 15) is 28.9 Å². The summed E-state index contributed by atoms with van der Waals surface area (Å²) in [6.45, 7) is 4.61. The van der Waals surface area contributed by atoms with E-state index in [2.05, 4.69) is 69.4 Å². The first-order valence-electron chi connectivity index (χ1n) is 31.5. The summed E-state index contributed by atoms with van der Waals surface area (Å²) in [5.74, 6) is -1.46. The number of aliphatic hydroxyl groups is 1. The minimum absolute atomic E-state index is 0.164. The van der Waals surface area contributed by atoms with Crippen LogP contribution in [0.15, 0.2) is 48.6 Å². The maximum Gasteiger partial charge on any atom is 0.472 e. The fourth-order valence-electron chi connectivity index (χ4n) is 8.83. The Labute approximate surface area is 466 Å². The van der Waals surface area contributed by atoms with Crippen molar-refractivity contribution in [2.45, 2.75) is 315 Å². The number of unbranched alkanes of at least 4 members (excludes halogenated alkanes) is 34. The summed E-state index contributed by atoms with van der Waals surface area (Å²) in [5.41, 5.74) is 0. The number of aliphatic hydroxyl groups excluding tert-OH is 1. The molecular weight excluding hydrogens is 976 g/mol. The normalized spacial score (nSPS) is 13.6. The average Bonchev–Trinajstić information content (AvgIpc) is 3.41. The van der Waals surface area contributed by atoms with Crippen LogP contribution in [0.25, 0.3) is 0 Å². The van der Waals surface area contributed by atoms with Crippen molar-refractivity contribution < 1.29 is 52.2 Å². The lowest BCUT2D eigenvalue weighted by atomic mass is 10.1. The third-order valence-electron chi connectivity index (χ3n) is 13.7. The van der Waals surface area contributed by atoms with Crippen molar-refractivity contribution in [3.63, 3.8) is 0 Å². The van der Waals surface area contributed by atoms with E-state index in [-0.39, 0.29) is 25.9 Å². The number of allylic oxidation sites excluding steroid dienone is 8. The number of esters is 3. The molecule has 0 aromatic rings. The number of ether oxygens (including phenoxy) is 3. The van der Waals surface area contributed by atoms with E-state index in [0.29, 0.717) is 19.3 Å². The molecule has 0 bridgehead atoms. The molecule has 0 aromatic carbocycles. The van der Waals surface area contributed by atoms with Gasteiger partial charge in [0.05, 0.1) is 19.8 Å². The highest BCUT2D eigenvalue weighted by molar-refractivity contribution is 7.47. The summed E-state index contributed by atoms with van der Waals surface area (Å²) in [5, 5.41) is 9.81. The summed E-state index contributed by atoms with van der Waals surface area (Å²) in [6.07, 6.45) is 63.5. The highest BCUT2D eigenvalue weighted by Gasteiger charge is 2.28. The second kappa shape index (κ2) is 58.6. The van der Waals surface area contributed by atoms with Gasteiger partial charge in [0.25, 0.3) is 0 Å². The zero-order chi connectivity index (χ0) is 55.5. The Bertz CT molecular complexity index is 1460. The predicted octanol–water partition coefficient (Wildman–Crippen LogP) is 18.9. The number of phosphoric ester groups is 1. The SMILES string of the molecule is CCCC/C=C\CCCCCCCC(=O)OC(CO)COP(=O)(O)OCC(COC(=O)CCCCCCCCCCC/C=C\CCCCCCCC)OC(=O)CCCCCCCCCCC/C=C\C/C=C\CCCCC. The second-order valence-electron chi connectivity index (χ2n) is 21.2. The zero-order valence-corrected chi connectivity index (χ0v) is 50.1. The summed E-state index contributed by atoms with van der Waals surface area (Å²) < 4.78 is 39.6. The van der Waals surface area contributed by atoms with E-state index < -0.39 is 57.8 Å². The largest absolute Gasteiger partial charge is 0.472 e. The van der Waals surface area contributed by atoms with Gasteiger partial charge in [-0.15, -0.1) is 0 Å². The number of hydrogen-bond acceptors (Lipinski definition) is 10. The smallest absolute Gasteiger partial charge is 0.462 e. The Morgan fingerprint density at radius 1 is 0.368 bits per heavy atom. The number of carbonyl (C=O) groups is 3. The Hall–Kier alpha value is -2.56. The molecule has 0 aliphatic rings.